The van der Waals surface area contributed by atoms with Gasteiger partial charge in [0.25, 0.3) is 5.91 Å². The molecule has 0 aliphatic carbocycles. The van der Waals surface area contributed by atoms with Crippen LogP contribution in [-0.4, -0.2) is 67.3 Å². The number of sulfone groups is 1. The second-order valence-electron chi connectivity index (χ2n) is 8.72. The lowest BCUT2D eigenvalue weighted by Gasteiger charge is -2.17. The zero-order chi connectivity index (χ0) is 23.4. The van der Waals surface area contributed by atoms with E-state index in [1.165, 1.54) is 17.3 Å². The van der Waals surface area contributed by atoms with E-state index in [2.05, 4.69) is 39.7 Å². The molecule has 1 saturated heterocycles. The Morgan fingerprint density at radius 1 is 1.18 bits per heavy atom. The summed E-state index contributed by atoms with van der Waals surface area (Å²) in [5.74, 6) is 0.198. The average Bonchev–Trinajstić information content (AvgIpc) is 3.25. The van der Waals surface area contributed by atoms with Crippen LogP contribution >= 0.6 is 11.8 Å². The fourth-order valence-corrected chi connectivity index (χ4v) is 7.72. The first-order valence-electron chi connectivity index (χ1n) is 11.1. The highest BCUT2D eigenvalue weighted by Gasteiger charge is 2.42. The summed E-state index contributed by atoms with van der Waals surface area (Å²) >= 11 is 1.48. The molecular weight excluding hydrogens is 456 g/mol. The van der Waals surface area contributed by atoms with Crippen LogP contribution in [0, 0.1) is 6.92 Å². The van der Waals surface area contributed by atoms with Gasteiger partial charge in [0, 0.05) is 29.6 Å². The SMILES string of the molecule is Cc1ccc(C(=O)NCCCN(C)Cc2ccccc2)cc1NC1=N[C@@H]2CS(=O)(=O)C[C@H]2S1. The normalized spacial score (nSPS) is 21.0. The van der Waals surface area contributed by atoms with Crippen molar-refractivity contribution < 1.29 is 13.2 Å². The molecule has 0 spiro atoms. The van der Waals surface area contributed by atoms with Gasteiger partial charge in [0.1, 0.15) is 0 Å². The van der Waals surface area contributed by atoms with Crippen molar-refractivity contribution in [1.29, 1.82) is 0 Å². The maximum absolute atomic E-state index is 12.7. The second kappa shape index (κ2) is 10.3. The molecule has 7 nitrogen and oxygen atoms in total. The summed E-state index contributed by atoms with van der Waals surface area (Å²) in [5.41, 5.74) is 3.69. The number of aliphatic imine (C=N–C) groups is 1. The molecule has 2 atom stereocenters. The first-order valence-corrected chi connectivity index (χ1v) is 13.8. The van der Waals surface area contributed by atoms with Gasteiger partial charge in [-0.2, -0.15) is 0 Å². The molecule has 0 bridgehead atoms. The number of rotatable bonds is 8. The summed E-state index contributed by atoms with van der Waals surface area (Å²) in [7, 11) is -0.889. The lowest BCUT2D eigenvalue weighted by Crippen LogP contribution is -2.28. The van der Waals surface area contributed by atoms with Gasteiger partial charge >= 0.3 is 0 Å². The number of nitrogens with one attached hydrogen (secondary N) is 2. The molecule has 33 heavy (non-hydrogen) atoms. The van der Waals surface area contributed by atoms with Gasteiger partial charge in [0.2, 0.25) is 0 Å². The van der Waals surface area contributed by atoms with Crippen molar-refractivity contribution >= 4 is 38.4 Å². The van der Waals surface area contributed by atoms with Crippen molar-refractivity contribution in [3.63, 3.8) is 0 Å². The van der Waals surface area contributed by atoms with Crippen LogP contribution in [0.4, 0.5) is 5.69 Å². The summed E-state index contributed by atoms with van der Waals surface area (Å²) in [6.07, 6.45) is 0.866. The minimum absolute atomic E-state index is 0.00990. The molecule has 2 aliphatic heterocycles. The molecule has 0 unspecified atom stereocenters. The van der Waals surface area contributed by atoms with Crippen LogP contribution in [0.1, 0.15) is 27.9 Å². The van der Waals surface area contributed by atoms with Crippen molar-refractivity contribution in [3.8, 4) is 0 Å². The smallest absolute Gasteiger partial charge is 0.251 e. The Morgan fingerprint density at radius 3 is 2.73 bits per heavy atom. The standard InChI is InChI=1S/C24H30N4O3S2/c1-17-9-10-19(13-20(17)26-24-27-21-15-33(30,31)16-22(21)32-24)23(29)25-11-6-12-28(2)14-18-7-4-3-5-8-18/h3-5,7-10,13,21-22H,6,11-12,14-16H2,1-2H3,(H,25,29)(H,26,27)/t21-,22-/m1/s1. The van der Waals surface area contributed by atoms with E-state index in [0.29, 0.717) is 12.1 Å². The first-order chi connectivity index (χ1) is 15.8. The Labute approximate surface area is 200 Å². The van der Waals surface area contributed by atoms with Gasteiger partial charge in [-0.15, -0.1) is 0 Å². The topological polar surface area (TPSA) is 90.9 Å². The van der Waals surface area contributed by atoms with Crippen molar-refractivity contribution in [2.75, 3.05) is 37.0 Å². The van der Waals surface area contributed by atoms with E-state index in [9.17, 15) is 13.2 Å². The highest BCUT2D eigenvalue weighted by Crippen LogP contribution is 2.35. The van der Waals surface area contributed by atoms with E-state index in [4.69, 9.17) is 0 Å². The Morgan fingerprint density at radius 2 is 1.97 bits per heavy atom. The van der Waals surface area contributed by atoms with Crippen LogP contribution < -0.4 is 10.6 Å². The number of fused-ring (bicyclic) bond motifs is 1. The van der Waals surface area contributed by atoms with Gasteiger partial charge in [-0.1, -0.05) is 48.2 Å². The average molecular weight is 487 g/mol. The molecule has 2 aromatic rings. The molecule has 1 fully saturated rings. The van der Waals surface area contributed by atoms with Gasteiger partial charge in [-0.25, -0.2) is 8.42 Å². The third-order valence-electron chi connectivity index (χ3n) is 5.86. The molecule has 2 aliphatic rings. The Balaban J connectivity index is 1.26. The highest BCUT2D eigenvalue weighted by molar-refractivity contribution is 8.15. The van der Waals surface area contributed by atoms with E-state index in [1.807, 2.05) is 43.3 Å². The van der Waals surface area contributed by atoms with Crippen molar-refractivity contribution in [1.82, 2.24) is 10.2 Å². The van der Waals surface area contributed by atoms with Gasteiger partial charge < -0.3 is 15.5 Å². The molecule has 9 heteroatoms. The van der Waals surface area contributed by atoms with Crippen molar-refractivity contribution in [3.05, 3.63) is 65.2 Å². The monoisotopic (exact) mass is 486 g/mol. The Bertz CT molecular complexity index is 1140. The number of carbonyl (C=O) groups excluding carboxylic acids is 1. The largest absolute Gasteiger partial charge is 0.352 e. The lowest BCUT2D eigenvalue weighted by atomic mass is 10.1. The maximum atomic E-state index is 12.7. The van der Waals surface area contributed by atoms with Crippen LogP contribution in [0.2, 0.25) is 0 Å². The summed E-state index contributed by atoms with van der Waals surface area (Å²) in [6, 6.07) is 15.7. The van der Waals surface area contributed by atoms with E-state index in [1.54, 1.807) is 0 Å². The quantitative estimate of drug-likeness (QED) is 0.558. The number of aryl methyl sites for hydroxylation is 1. The number of amides is 1. The van der Waals surface area contributed by atoms with Crippen LogP contribution in [-0.2, 0) is 16.4 Å². The van der Waals surface area contributed by atoms with Gasteiger partial charge in [0.05, 0.1) is 17.5 Å². The van der Waals surface area contributed by atoms with Crippen LogP contribution in [0.25, 0.3) is 0 Å². The first kappa shape index (κ1) is 23.8. The number of carbonyl (C=O) groups is 1. The number of hydrogen-bond acceptors (Lipinski definition) is 7. The zero-order valence-corrected chi connectivity index (χ0v) is 20.6. The lowest BCUT2D eigenvalue weighted by molar-refractivity contribution is 0.0952. The van der Waals surface area contributed by atoms with Gasteiger partial charge in [-0.05, 0) is 50.2 Å². The number of hydrogen-bond donors (Lipinski definition) is 2. The van der Waals surface area contributed by atoms with E-state index < -0.39 is 9.84 Å². The molecular formula is C24H30N4O3S2. The van der Waals surface area contributed by atoms with Crippen LogP contribution in [0.15, 0.2) is 53.5 Å². The van der Waals surface area contributed by atoms with E-state index in [-0.39, 0.29) is 28.7 Å². The fourth-order valence-electron chi connectivity index (χ4n) is 4.06. The molecule has 2 N–H and O–H groups in total. The summed E-state index contributed by atoms with van der Waals surface area (Å²) in [6.45, 7) is 4.36. The highest BCUT2D eigenvalue weighted by atomic mass is 32.2. The minimum Gasteiger partial charge on any atom is -0.352 e. The molecule has 2 heterocycles. The third-order valence-corrected chi connectivity index (χ3v) is 9.00. The van der Waals surface area contributed by atoms with Crippen LogP contribution in [0.3, 0.4) is 0 Å². The number of benzene rings is 2. The second-order valence-corrected chi connectivity index (χ2v) is 12.1. The summed E-state index contributed by atoms with van der Waals surface area (Å²) < 4.78 is 23.5. The zero-order valence-electron chi connectivity index (χ0n) is 19.0. The number of thioether (sulfide) groups is 1. The molecule has 1 amide bonds. The van der Waals surface area contributed by atoms with Crippen LogP contribution in [0.5, 0.6) is 0 Å². The van der Waals surface area contributed by atoms with Crippen molar-refractivity contribution in [2.24, 2.45) is 4.99 Å². The van der Waals surface area contributed by atoms with Crippen molar-refractivity contribution in [2.45, 2.75) is 31.2 Å². The molecule has 0 radical (unpaired) electrons. The fraction of sp³-hybridized carbons (Fsp3) is 0.417. The molecule has 176 valence electrons. The molecule has 2 aromatic carbocycles. The predicted octanol–water partition coefficient (Wildman–Crippen LogP) is 2.93. The third kappa shape index (κ3) is 6.37. The van der Waals surface area contributed by atoms with E-state index >= 15 is 0 Å². The van der Waals surface area contributed by atoms with Gasteiger partial charge in [-0.3, -0.25) is 9.79 Å². The number of amidine groups is 1. The summed E-state index contributed by atoms with van der Waals surface area (Å²) in [4.78, 5) is 19.5. The maximum Gasteiger partial charge on any atom is 0.251 e. The Hall–Kier alpha value is -2.36. The summed E-state index contributed by atoms with van der Waals surface area (Å²) in [5, 5.41) is 7.02. The predicted molar refractivity (Wildman–Crippen MR) is 136 cm³/mol. The Kier molecular flexibility index (Phi) is 7.41. The molecule has 0 saturated carbocycles. The molecule has 4 rings (SSSR count). The number of nitrogens with zero attached hydrogens (tertiary/aromatic N) is 2. The minimum atomic E-state index is -2.97. The van der Waals surface area contributed by atoms with Gasteiger partial charge in [0.15, 0.2) is 15.0 Å². The molecule has 0 aromatic heterocycles. The van der Waals surface area contributed by atoms with E-state index in [0.717, 1.165) is 35.9 Å². The number of anilines is 1.